The number of carbonyl (C=O) groups excluding carboxylic acids is 2. The summed E-state index contributed by atoms with van der Waals surface area (Å²) in [7, 11) is 5.81. The maximum atomic E-state index is 13.4. The predicted molar refractivity (Wildman–Crippen MR) is 169 cm³/mol. The molecule has 1 aliphatic heterocycles. The Hall–Kier alpha value is -4.56. The first-order valence-electron chi connectivity index (χ1n) is 14.3. The van der Waals surface area contributed by atoms with Gasteiger partial charge in [-0.3, -0.25) is 4.79 Å². The molecular formula is C34H38N4O4. The van der Waals surface area contributed by atoms with Crippen LogP contribution in [0.25, 0.3) is 17.0 Å². The van der Waals surface area contributed by atoms with E-state index in [1.165, 1.54) is 5.56 Å². The fourth-order valence-electron chi connectivity index (χ4n) is 5.41. The number of carbonyl (C=O) groups is 2. The largest absolute Gasteiger partial charge is 0.497 e. The van der Waals surface area contributed by atoms with E-state index in [1.54, 1.807) is 31.4 Å². The van der Waals surface area contributed by atoms with Gasteiger partial charge in [0.15, 0.2) is 5.76 Å². The SMILES string of the molecule is CCn1c(C)c(C=C2Oc3ccc(NC(=O)Nc4ccc(CCCCN(C)C)cc4)cc3C2=O)c2cc(OC)ccc21. The summed E-state index contributed by atoms with van der Waals surface area (Å²) >= 11 is 0. The molecule has 0 atom stereocenters. The summed E-state index contributed by atoms with van der Waals surface area (Å²) in [4.78, 5) is 28.3. The Morgan fingerprint density at radius 1 is 1.00 bits per heavy atom. The molecule has 1 aromatic heterocycles. The Labute approximate surface area is 246 Å². The maximum absolute atomic E-state index is 13.4. The molecule has 8 heteroatoms. The zero-order valence-electron chi connectivity index (χ0n) is 24.9. The number of rotatable bonds is 10. The number of urea groups is 1. The molecule has 42 heavy (non-hydrogen) atoms. The zero-order valence-corrected chi connectivity index (χ0v) is 24.9. The van der Waals surface area contributed by atoms with Crippen LogP contribution in [0.15, 0.2) is 66.4 Å². The van der Waals surface area contributed by atoms with Gasteiger partial charge >= 0.3 is 6.03 Å². The van der Waals surface area contributed by atoms with E-state index in [0.29, 0.717) is 22.7 Å². The van der Waals surface area contributed by atoms with Gasteiger partial charge in [0.25, 0.3) is 0 Å². The number of fused-ring (bicyclic) bond motifs is 2. The van der Waals surface area contributed by atoms with Crippen molar-refractivity contribution in [2.75, 3.05) is 38.4 Å². The molecule has 0 bridgehead atoms. The first kappa shape index (κ1) is 29.0. The number of nitrogens with one attached hydrogen (secondary N) is 2. The topological polar surface area (TPSA) is 84.8 Å². The van der Waals surface area contributed by atoms with Crippen LogP contribution in [0.3, 0.4) is 0 Å². The number of ketones is 1. The van der Waals surface area contributed by atoms with Crippen molar-refractivity contribution in [1.29, 1.82) is 0 Å². The lowest BCUT2D eigenvalue weighted by Gasteiger charge is -2.10. The van der Waals surface area contributed by atoms with Crippen LogP contribution in [0.4, 0.5) is 16.2 Å². The second kappa shape index (κ2) is 12.5. The highest BCUT2D eigenvalue weighted by Gasteiger charge is 2.29. The summed E-state index contributed by atoms with van der Waals surface area (Å²) in [6.07, 6.45) is 5.09. The monoisotopic (exact) mass is 566 g/mol. The molecule has 2 N–H and O–H groups in total. The predicted octanol–water partition coefficient (Wildman–Crippen LogP) is 7.12. The van der Waals surface area contributed by atoms with Gasteiger partial charge in [-0.15, -0.1) is 0 Å². The number of aryl methyl sites for hydroxylation is 2. The Kier molecular flexibility index (Phi) is 8.64. The summed E-state index contributed by atoms with van der Waals surface area (Å²) in [5.74, 6) is 1.23. The van der Waals surface area contributed by atoms with Crippen molar-refractivity contribution in [3.8, 4) is 11.5 Å². The number of ether oxygens (including phenoxy) is 2. The van der Waals surface area contributed by atoms with Crippen LogP contribution in [-0.2, 0) is 13.0 Å². The minimum absolute atomic E-state index is 0.227. The molecule has 5 rings (SSSR count). The molecule has 218 valence electrons. The first-order chi connectivity index (χ1) is 20.3. The fraction of sp³-hybridized carbons (Fsp3) is 0.294. The van der Waals surface area contributed by atoms with Gasteiger partial charge in [0.2, 0.25) is 5.78 Å². The van der Waals surface area contributed by atoms with E-state index >= 15 is 0 Å². The molecule has 0 unspecified atom stereocenters. The number of Topliss-reactive ketones (excluding diaryl/α,β-unsaturated/α-hetero) is 1. The number of amides is 2. The van der Waals surface area contributed by atoms with Gasteiger partial charge in [-0.05, 0) is 114 Å². The van der Waals surface area contributed by atoms with E-state index in [-0.39, 0.29) is 17.6 Å². The highest BCUT2D eigenvalue weighted by Crippen LogP contribution is 2.36. The van der Waals surface area contributed by atoms with Gasteiger partial charge in [-0.25, -0.2) is 4.79 Å². The van der Waals surface area contributed by atoms with Crippen molar-refractivity contribution >= 4 is 40.2 Å². The fourth-order valence-corrected chi connectivity index (χ4v) is 5.41. The van der Waals surface area contributed by atoms with Crippen LogP contribution in [0.2, 0.25) is 0 Å². The van der Waals surface area contributed by atoms with Gasteiger partial charge in [0.05, 0.1) is 12.7 Å². The van der Waals surface area contributed by atoms with Crippen LogP contribution in [0, 0.1) is 6.92 Å². The lowest BCUT2D eigenvalue weighted by atomic mass is 10.1. The average molecular weight is 567 g/mol. The first-order valence-corrected chi connectivity index (χ1v) is 14.3. The number of hydrogen-bond donors (Lipinski definition) is 2. The minimum Gasteiger partial charge on any atom is -0.497 e. The molecule has 0 fully saturated rings. The number of nitrogens with zero attached hydrogens (tertiary/aromatic N) is 2. The molecule has 0 radical (unpaired) electrons. The number of anilines is 2. The quantitative estimate of drug-likeness (QED) is 0.158. The molecule has 8 nitrogen and oxygen atoms in total. The normalized spacial score (nSPS) is 13.5. The van der Waals surface area contributed by atoms with Gasteiger partial charge < -0.3 is 29.6 Å². The Morgan fingerprint density at radius 3 is 2.45 bits per heavy atom. The van der Waals surface area contributed by atoms with Crippen molar-refractivity contribution in [2.45, 2.75) is 39.7 Å². The molecule has 0 saturated carbocycles. The molecule has 2 amide bonds. The molecule has 0 aliphatic carbocycles. The maximum Gasteiger partial charge on any atom is 0.323 e. The molecule has 0 saturated heterocycles. The van der Waals surface area contributed by atoms with Crippen LogP contribution < -0.4 is 20.1 Å². The highest BCUT2D eigenvalue weighted by atomic mass is 16.5. The summed E-state index contributed by atoms with van der Waals surface area (Å²) in [6, 6.07) is 18.6. The molecule has 2 heterocycles. The average Bonchev–Trinajstić information content (AvgIpc) is 3.43. The van der Waals surface area contributed by atoms with Crippen molar-refractivity contribution < 1.29 is 19.1 Å². The van der Waals surface area contributed by atoms with E-state index in [1.807, 2.05) is 49.4 Å². The van der Waals surface area contributed by atoms with Crippen LogP contribution in [-0.4, -0.2) is 49.0 Å². The number of aromatic nitrogens is 1. The summed E-state index contributed by atoms with van der Waals surface area (Å²) in [6.45, 7) is 6.01. The lowest BCUT2D eigenvalue weighted by molar-refractivity contribution is 0.101. The third-order valence-corrected chi connectivity index (χ3v) is 7.63. The van der Waals surface area contributed by atoms with Crippen molar-refractivity contribution in [3.63, 3.8) is 0 Å². The van der Waals surface area contributed by atoms with Crippen molar-refractivity contribution in [1.82, 2.24) is 9.47 Å². The summed E-state index contributed by atoms with van der Waals surface area (Å²) in [5, 5.41) is 6.68. The number of unbranched alkanes of at least 4 members (excludes halogenated alkanes) is 1. The number of hydrogen-bond acceptors (Lipinski definition) is 5. The summed E-state index contributed by atoms with van der Waals surface area (Å²) < 4.78 is 13.6. The van der Waals surface area contributed by atoms with E-state index in [9.17, 15) is 9.59 Å². The van der Waals surface area contributed by atoms with Crippen LogP contribution >= 0.6 is 0 Å². The van der Waals surface area contributed by atoms with Gasteiger partial charge in [0, 0.05) is 40.1 Å². The molecule has 3 aromatic carbocycles. The number of methoxy groups -OCH3 is 1. The molecule has 1 aliphatic rings. The van der Waals surface area contributed by atoms with Crippen molar-refractivity contribution in [3.05, 3.63) is 88.8 Å². The lowest BCUT2D eigenvalue weighted by Crippen LogP contribution is -2.19. The zero-order chi connectivity index (χ0) is 29.8. The van der Waals surface area contributed by atoms with E-state index in [4.69, 9.17) is 9.47 Å². The van der Waals surface area contributed by atoms with Gasteiger partial charge in [-0.2, -0.15) is 0 Å². The second-order valence-electron chi connectivity index (χ2n) is 10.8. The molecular weight excluding hydrogens is 528 g/mol. The Morgan fingerprint density at radius 2 is 1.74 bits per heavy atom. The van der Waals surface area contributed by atoms with Crippen LogP contribution in [0.1, 0.15) is 46.9 Å². The van der Waals surface area contributed by atoms with Gasteiger partial charge in [-0.1, -0.05) is 12.1 Å². The highest BCUT2D eigenvalue weighted by molar-refractivity contribution is 6.16. The third-order valence-electron chi connectivity index (χ3n) is 7.63. The number of allylic oxidation sites excluding steroid dienone is 1. The van der Waals surface area contributed by atoms with Crippen molar-refractivity contribution in [2.24, 2.45) is 0 Å². The molecule has 0 spiro atoms. The van der Waals surface area contributed by atoms with E-state index in [0.717, 1.165) is 60.3 Å². The smallest absolute Gasteiger partial charge is 0.323 e. The van der Waals surface area contributed by atoms with Gasteiger partial charge in [0.1, 0.15) is 11.5 Å². The van der Waals surface area contributed by atoms with E-state index < -0.39 is 0 Å². The van der Waals surface area contributed by atoms with Crippen LogP contribution in [0.5, 0.6) is 11.5 Å². The molecule has 4 aromatic rings. The summed E-state index contributed by atoms with van der Waals surface area (Å²) in [5.41, 5.74) is 5.88. The number of benzene rings is 3. The third kappa shape index (κ3) is 6.19. The Bertz CT molecular complexity index is 1650. The Balaban J connectivity index is 1.26. The second-order valence-corrected chi connectivity index (χ2v) is 10.8. The van der Waals surface area contributed by atoms with E-state index in [2.05, 4.69) is 41.1 Å². The standard InChI is InChI=1S/C34H38N4O4/c1-6-38-22(2)27(28-20-26(41-5)15-16-30(28)38)21-32-33(39)29-19-25(14-17-31(29)42-32)36-34(40)35-24-12-10-23(11-13-24)9-7-8-18-37(3)4/h10-17,19-21H,6-9,18H2,1-5H3,(H2,35,36,40). The minimum atomic E-state index is -0.382.